The van der Waals surface area contributed by atoms with Gasteiger partial charge in [-0.25, -0.2) is 4.79 Å². The number of unbranched alkanes of at least 4 members (excludes halogenated alkanes) is 1. The molecule has 4 atom stereocenters. The van der Waals surface area contributed by atoms with E-state index in [1.807, 2.05) is 24.4 Å². The number of rotatable bonds is 18. The molecule has 2 aromatic carbocycles. The molecule has 12 nitrogen and oxygen atoms in total. The van der Waals surface area contributed by atoms with Gasteiger partial charge in [-0.3, -0.25) is 19.8 Å². The number of hydrogen-bond donors (Lipinski definition) is 8. The zero-order valence-electron chi connectivity index (χ0n) is 26.2. The van der Waals surface area contributed by atoms with Crippen molar-refractivity contribution in [1.29, 1.82) is 5.41 Å². The average molecular weight is 642 g/mol. The molecule has 1 aliphatic carbocycles. The number of benzene rings is 2. The number of carboxylic acid groups (broad SMARTS) is 1. The normalized spacial score (nSPS) is 17.5. The van der Waals surface area contributed by atoms with Gasteiger partial charge >= 0.3 is 5.97 Å². The van der Waals surface area contributed by atoms with E-state index in [0.29, 0.717) is 24.9 Å². The molecular formula is C35H43N7O5. The third-order valence-corrected chi connectivity index (χ3v) is 8.28. The molecule has 0 fully saturated rings. The number of aromatic carboxylic acids is 1. The molecule has 0 radical (unpaired) electrons. The molecule has 2 aliphatic rings. The van der Waals surface area contributed by atoms with E-state index in [9.17, 15) is 24.3 Å². The van der Waals surface area contributed by atoms with Crippen LogP contribution in [0.2, 0.25) is 0 Å². The van der Waals surface area contributed by atoms with Gasteiger partial charge in [0.15, 0.2) is 0 Å². The Labute approximate surface area is 274 Å². The van der Waals surface area contributed by atoms with Crippen molar-refractivity contribution in [1.82, 2.24) is 21.3 Å². The molecule has 12 heteroatoms. The van der Waals surface area contributed by atoms with Crippen molar-refractivity contribution < 1.29 is 24.3 Å². The maximum absolute atomic E-state index is 13.8. The van der Waals surface area contributed by atoms with Gasteiger partial charge in [-0.15, -0.1) is 0 Å². The van der Waals surface area contributed by atoms with E-state index >= 15 is 0 Å². The van der Waals surface area contributed by atoms with Gasteiger partial charge in [-0.05, 0) is 73.7 Å². The van der Waals surface area contributed by atoms with E-state index in [1.165, 1.54) is 0 Å². The van der Waals surface area contributed by atoms with Crippen molar-refractivity contribution in [3.8, 4) is 0 Å². The molecule has 0 bridgehead atoms. The molecule has 1 heterocycles. The Hall–Kier alpha value is -5.23. The zero-order valence-corrected chi connectivity index (χ0v) is 26.2. The largest absolute Gasteiger partial charge is 0.478 e. The molecule has 248 valence electrons. The molecule has 0 saturated heterocycles. The number of carboxylic acids is 1. The summed E-state index contributed by atoms with van der Waals surface area (Å²) in [6.07, 6.45) is 12.7. The van der Waals surface area contributed by atoms with E-state index in [-0.39, 0.29) is 48.7 Å². The predicted octanol–water partition coefficient (Wildman–Crippen LogP) is 2.00. The number of amides is 3. The number of hydrogen-bond acceptors (Lipinski definition) is 7. The fraction of sp³-hybridized carbons (Fsp3) is 0.343. The molecule has 47 heavy (non-hydrogen) atoms. The minimum absolute atomic E-state index is 0.0425. The number of amidine groups is 1. The lowest BCUT2D eigenvalue weighted by molar-refractivity contribution is -0.130. The van der Waals surface area contributed by atoms with Gasteiger partial charge in [0.2, 0.25) is 17.7 Å². The molecule has 1 aliphatic heterocycles. The molecule has 4 unspecified atom stereocenters. The number of nitrogen functional groups attached to an aromatic ring is 1. The van der Waals surface area contributed by atoms with Crippen molar-refractivity contribution in [2.45, 2.75) is 63.2 Å². The van der Waals surface area contributed by atoms with Crippen LogP contribution < -0.4 is 32.7 Å². The summed E-state index contributed by atoms with van der Waals surface area (Å²) in [6.45, 7) is 0.703. The molecular weight excluding hydrogens is 598 g/mol. The molecule has 3 amide bonds. The first kappa shape index (κ1) is 34.6. The first-order valence-corrected chi connectivity index (χ1v) is 15.8. The SMILES string of the molecule is N=C(N)c1ccc(CNC(=O)C(CCC(N)=O)NC(=O)C(CC2=CNC3C=CC=CC23)NCCCCc2cccc(C(=O)O)c2)cc1. The Morgan fingerprint density at radius 3 is 2.40 bits per heavy atom. The summed E-state index contributed by atoms with van der Waals surface area (Å²) in [5.41, 5.74) is 14.5. The summed E-state index contributed by atoms with van der Waals surface area (Å²) in [5.74, 6) is -2.30. The lowest BCUT2D eigenvalue weighted by atomic mass is 9.87. The highest BCUT2D eigenvalue weighted by Crippen LogP contribution is 2.29. The Morgan fingerprint density at radius 2 is 1.68 bits per heavy atom. The highest BCUT2D eigenvalue weighted by molar-refractivity contribution is 5.95. The van der Waals surface area contributed by atoms with Crippen molar-refractivity contribution in [3.63, 3.8) is 0 Å². The first-order valence-electron chi connectivity index (χ1n) is 15.8. The number of allylic oxidation sites excluding steroid dienone is 2. The van der Waals surface area contributed by atoms with Crippen LogP contribution in [0, 0.1) is 11.3 Å². The number of aryl methyl sites for hydroxylation is 1. The second-order valence-electron chi connectivity index (χ2n) is 11.8. The average Bonchev–Trinajstić information content (AvgIpc) is 3.47. The van der Waals surface area contributed by atoms with Crippen LogP contribution in [-0.4, -0.2) is 59.3 Å². The van der Waals surface area contributed by atoms with Gasteiger partial charge in [0.25, 0.3) is 0 Å². The highest BCUT2D eigenvalue weighted by Gasteiger charge is 2.32. The Balaban J connectivity index is 1.39. The molecule has 2 aromatic rings. The van der Waals surface area contributed by atoms with Crippen molar-refractivity contribution in [2.24, 2.45) is 17.4 Å². The maximum Gasteiger partial charge on any atom is 0.335 e. The summed E-state index contributed by atoms with van der Waals surface area (Å²) in [4.78, 5) is 50.0. The quantitative estimate of drug-likeness (QED) is 0.0683. The van der Waals surface area contributed by atoms with Gasteiger partial charge in [-0.1, -0.05) is 60.7 Å². The first-order chi connectivity index (χ1) is 22.6. The fourth-order valence-corrected chi connectivity index (χ4v) is 5.64. The standard InChI is InChI=1S/C35H43N7O5/c36-31(43)16-15-29(33(44)41-20-23-11-13-24(14-12-23)32(37)38)42-34(45)30(19-26-21-40-28-10-2-1-9-27(26)28)39-17-4-3-6-22-7-5-8-25(18-22)35(46)47/h1-2,5,7-14,18,21,27-30,39-40H,3-4,6,15-17,19-20H2,(H2,36,43)(H3,37,38)(H,41,44)(H,42,45)(H,46,47). The smallest absolute Gasteiger partial charge is 0.335 e. The minimum Gasteiger partial charge on any atom is -0.478 e. The lowest BCUT2D eigenvalue weighted by Gasteiger charge is -2.25. The van der Waals surface area contributed by atoms with Gasteiger partial charge in [0.05, 0.1) is 17.6 Å². The monoisotopic (exact) mass is 641 g/mol. The number of carbonyl (C=O) groups excluding carboxylic acids is 3. The molecule has 4 rings (SSSR count). The molecule has 0 saturated carbocycles. The summed E-state index contributed by atoms with van der Waals surface area (Å²) in [5, 5.41) is 29.2. The Morgan fingerprint density at radius 1 is 0.915 bits per heavy atom. The number of primary amides is 1. The van der Waals surface area contributed by atoms with Crippen LogP contribution in [0.4, 0.5) is 0 Å². The Bertz CT molecular complexity index is 1550. The summed E-state index contributed by atoms with van der Waals surface area (Å²) in [6, 6.07) is 12.2. The van der Waals surface area contributed by atoms with E-state index in [1.54, 1.807) is 42.5 Å². The third-order valence-electron chi connectivity index (χ3n) is 8.28. The zero-order chi connectivity index (χ0) is 33.8. The van der Waals surface area contributed by atoms with E-state index < -0.39 is 29.9 Å². The number of nitrogens with two attached hydrogens (primary N) is 2. The van der Waals surface area contributed by atoms with Crippen LogP contribution in [0.1, 0.15) is 59.2 Å². The number of carbonyl (C=O) groups is 4. The summed E-state index contributed by atoms with van der Waals surface area (Å²) < 4.78 is 0. The molecule has 0 aromatic heterocycles. The lowest BCUT2D eigenvalue weighted by Crippen LogP contribution is -2.53. The van der Waals surface area contributed by atoms with Crippen molar-refractivity contribution >= 4 is 29.5 Å². The summed E-state index contributed by atoms with van der Waals surface area (Å²) in [7, 11) is 0. The molecule has 10 N–H and O–H groups in total. The predicted molar refractivity (Wildman–Crippen MR) is 179 cm³/mol. The number of nitrogens with one attached hydrogen (secondary N) is 5. The summed E-state index contributed by atoms with van der Waals surface area (Å²) >= 11 is 0. The van der Waals surface area contributed by atoms with Gasteiger partial charge in [0.1, 0.15) is 11.9 Å². The molecule has 0 spiro atoms. The van der Waals surface area contributed by atoms with Crippen LogP contribution in [0.5, 0.6) is 0 Å². The van der Waals surface area contributed by atoms with E-state index in [0.717, 1.165) is 29.5 Å². The van der Waals surface area contributed by atoms with E-state index in [2.05, 4.69) is 33.4 Å². The highest BCUT2D eigenvalue weighted by atomic mass is 16.4. The van der Waals surface area contributed by atoms with E-state index in [4.69, 9.17) is 16.9 Å². The van der Waals surface area contributed by atoms with Gasteiger partial charge in [-0.2, -0.15) is 0 Å². The van der Waals surface area contributed by atoms with Crippen LogP contribution in [-0.2, 0) is 27.3 Å². The second kappa shape index (κ2) is 16.9. The minimum atomic E-state index is -0.988. The Kier molecular flexibility index (Phi) is 12.5. The maximum atomic E-state index is 13.8. The fourth-order valence-electron chi connectivity index (χ4n) is 5.64. The number of fused-ring (bicyclic) bond motifs is 1. The third kappa shape index (κ3) is 10.4. The van der Waals surface area contributed by atoms with Crippen molar-refractivity contribution in [3.05, 3.63) is 107 Å². The van der Waals surface area contributed by atoms with Gasteiger partial charge in [0, 0.05) is 24.4 Å². The van der Waals surface area contributed by atoms with Crippen LogP contribution in [0.15, 0.2) is 84.6 Å². The van der Waals surface area contributed by atoms with Crippen LogP contribution in [0.25, 0.3) is 0 Å². The van der Waals surface area contributed by atoms with Crippen molar-refractivity contribution in [2.75, 3.05) is 6.54 Å². The van der Waals surface area contributed by atoms with Crippen LogP contribution >= 0.6 is 0 Å². The second-order valence-corrected chi connectivity index (χ2v) is 11.8. The topological polar surface area (TPSA) is 213 Å². The van der Waals surface area contributed by atoms with Crippen LogP contribution in [0.3, 0.4) is 0 Å². The van der Waals surface area contributed by atoms with Gasteiger partial charge < -0.3 is 37.8 Å².